The molecule has 9 heteroatoms. The maximum Gasteiger partial charge on any atom is 0.310 e. The van der Waals surface area contributed by atoms with Gasteiger partial charge < -0.3 is 19.6 Å². The number of thioether (sulfide) groups is 1. The number of alkyl halides is 1. The van der Waals surface area contributed by atoms with Crippen molar-refractivity contribution >= 4 is 51.2 Å². The molecule has 7 atom stereocenters. The molecule has 3 unspecified atom stereocenters. The second-order valence-corrected chi connectivity index (χ2v) is 13.8. The first-order chi connectivity index (χ1) is 18.5. The molecular formula is C30H39BrN2O5S. The number of carbonyl (C=O) groups is 3. The summed E-state index contributed by atoms with van der Waals surface area (Å²) in [5.74, 6) is -2.35. The number of esters is 1. The molecule has 7 nitrogen and oxygen atoms in total. The van der Waals surface area contributed by atoms with Crippen molar-refractivity contribution in [1.29, 1.82) is 0 Å². The molecule has 2 amide bonds. The minimum Gasteiger partial charge on any atom is -0.465 e. The fourth-order valence-corrected chi connectivity index (χ4v) is 10.3. The van der Waals surface area contributed by atoms with Crippen molar-refractivity contribution < 1.29 is 24.2 Å². The van der Waals surface area contributed by atoms with E-state index in [4.69, 9.17) is 4.74 Å². The molecular weight excluding hydrogens is 580 g/mol. The zero-order valence-corrected chi connectivity index (χ0v) is 25.5. The number of nitrogens with zero attached hydrogens (tertiary/aromatic N) is 2. The number of hydrogen-bond acceptors (Lipinski definition) is 6. The normalized spacial score (nSPS) is 29.9. The van der Waals surface area contributed by atoms with E-state index in [9.17, 15) is 19.5 Å². The summed E-state index contributed by atoms with van der Waals surface area (Å²) >= 11 is 5.36. The maximum atomic E-state index is 14.8. The van der Waals surface area contributed by atoms with Crippen LogP contribution >= 0.6 is 27.7 Å². The number of hydrogen-bond donors (Lipinski definition) is 1. The van der Waals surface area contributed by atoms with Gasteiger partial charge in [-0.25, -0.2) is 0 Å². The molecule has 212 valence electrons. The van der Waals surface area contributed by atoms with Gasteiger partial charge in [-0.2, -0.15) is 0 Å². The van der Waals surface area contributed by atoms with Gasteiger partial charge in [0.05, 0.1) is 35.8 Å². The SMILES string of the molecule is C=CCCOC(=O)[C@H]1[C@@H]2SC3(CC2Br)C(C(=O)N(CC=C)c2c(C)cccc2C)N([C@@H](CO)C(C)C)C(=O)[C@H]13. The quantitative estimate of drug-likeness (QED) is 0.171. The van der Waals surface area contributed by atoms with Crippen LogP contribution < -0.4 is 4.90 Å². The van der Waals surface area contributed by atoms with Crippen LogP contribution in [0.1, 0.15) is 37.8 Å². The van der Waals surface area contributed by atoms with Crippen LogP contribution in [0.3, 0.4) is 0 Å². The van der Waals surface area contributed by atoms with E-state index in [1.54, 1.807) is 33.7 Å². The zero-order valence-electron chi connectivity index (χ0n) is 23.1. The summed E-state index contributed by atoms with van der Waals surface area (Å²) in [5.41, 5.74) is 2.69. The Bertz CT molecular complexity index is 1140. The molecule has 0 aromatic heterocycles. The lowest BCUT2D eigenvalue weighted by Gasteiger charge is -2.41. The number of fused-ring (bicyclic) bond motifs is 1. The summed E-state index contributed by atoms with van der Waals surface area (Å²) in [4.78, 5) is 45.9. The highest BCUT2D eigenvalue weighted by atomic mass is 79.9. The van der Waals surface area contributed by atoms with Gasteiger partial charge in [0.2, 0.25) is 5.91 Å². The van der Waals surface area contributed by atoms with Gasteiger partial charge in [-0.1, -0.05) is 60.1 Å². The molecule has 3 fully saturated rings. The summed E-state index contributed by atoms with van der Waals surface area (Å²) in [7, 11) is 0. The topological polar surface area (TPSA) is 87.2 Å². The van der Waals surface area contributed by atoms with Crippen molar-refractivity contribution in [1.82, 2.24) is 4.90 Å². The lowest BCUT2D eigenvalue weighted by Crippen LogP contribution is -2.59. The number of amides is 2. The third kappa shape index (κ3) is 4.88. The number of aryl methyl sites for hydroxylation is 2. The number of benzene rings is 1. The molecule has 0 saturated carbocycles. The standard InChI is InChI=1S/C30H39BrN2O5S/c1-7-9-14-38-29(37)22-23-27(35)33(21(16-34)17(3)4)26(30(23)15-20(31)25(22)39-30)28(36)32(13-8-2)24-18(5)11-10-12-19(24)6/h7-8,10-12,17,20-23,25-26,34H,1-2,9,13-16H2,3-6H3/t20?,21-,22+,23-,25+,26?,30?/m0/s1. The Balaban J connectivity index is 1.85. The van der Waals surface area contributed by atoms with Crippen molar-refractivity contribution in [3.05, 3.63) is 54.6 Å². The molecule has 4 rings (SSSR count). The molecule has 0 aliphatic carbocycles. The van der Waals surface area contributed by atoms with Crippen molar-refractivity contribution in [2.75, 3.05) is 24.7 Å². The van der Waals surface area contributed by atoms with Crippen LogP contribution in [0.5, 0.6) is 0 Å². The Labute approximate surface area is 244 Å². The predicted octanol–water partition coefficient (Wildman–Crippen LogP) is 4.42. The summed E-state index contributed by atoms with van der Waals surface area (Å²) in [5, 5.41) is 10.3. The molecule has 2 bridgehead atoms. The number of likely N-dealkylation sites (tertiary alicyclic amines) is 1. The van der Waals surface area contributed by atoms with Crippen molar-refractivity contribution in [2.24, 2.45) is 17.8 Å². The fraction of sp³-hybridized carbons (Fsp3) is 0.567. The van der Waals surface area contributed by atoms with Gasteiger partial charge in [0.1, 0.15) is 6.04 Å². The number of ether oxygens (including phenoxy) is 1. The Morgan fingerprint density at radius 2 is 1.95 bits per heavy atom. The molecule has 39 heavy (non-hydrogen) atoms. The number of carbonyl (C=O) groups excluding carboxylic acids is 3. The summed E-state index contributed by atoms with van der Waals surface area (Å²) in [6.07, 6.45) is 4.47. The van der Waals surface area contributed by atoms with E-state index in [1.807, 2.05) is 45.9 Å². The van der Waals surface area contributed by atoms with Crippen LogP contribution in [0.25, 0.3) is 0 Å². The molecule has 3 saturated heterocycles. The first-order valence-corrected chi connectivity index (χ1v) is 15.4. The number of rotatable bonds is 11. The highest BCUT2D eigenvalue weighted by Crippen LogP contribution is 2.68. The lowest BCUT2D eigenvalue weighted by atomic mass is 9.71. The van der Waals surface area contributed by atoms with Crippen LogP contribution in [-0.4, -0.2) is 74.5 Å². The first kappa shape index (κ1) is 29.9. The van der Waals surface area contributed by atoms with Crippen LogP contribution in [0.15, 0.2) is 43.5 Å². The van der Waals surface area contributed by atoms with Gasteiger partial charge in [0.15, 0.2) is 0 Å². The van der Waals surface area contributed by atoms with E-state index in [2.05, 4.69) is 29.1 Å². The first-order valence-electron chi connectivity index (χ1n) is 13.6. The Kier molecular flexibility index (Phi) is 9.03. The average Bonchev–Trinajstić information content (AvgIpc) is 3.47. The number of para-hydroxylation sites is 1. The summed E-state index contributed by atoms with van der Waals surface area (Å²) < 4.78 is 4.77. The third-order valence-electron chi connectivity index (χ3n) is 8.40. The fourth-order valence-electron chi connectivity index (χ4n) is 6.73. The molecule has 1 spiro atoms. The van der Waals surface area contributed by atoms with Gasteiger partial charge in [-0.05, 0) is 43.7 Å². The van der Waals surface area contributed by atoms with Crippen molar-refractivity contribution in [3.8, 4) is 0 Å². The number of aliphatic hydroxyl groups is 1. The van der Waals surface area contributed by atoms with Gasteiger partial charge in [-0.3, -0.25) is 14.4 Å². The van der Waals surface area contributed by atoms with Crippen molar-refractivity contribution in [3.63, 3.8) is 0 Å². The molecule has 1 N–H and O–H groups in total. The van der Waals surface area contributed by atoms with Crippen LogP contribution in [0, 0.1) is 31.6 Å². The van der Waals surface area contributed by atoms with Gasteiger partial charge in [-0.15, -0.1) is 24.9 Å². The molecule has 1 aromatic rings. The minimum absolute atomic E-state index is 0.0570. The smallest absolute Gasteiger partial charge is 0.310 e. The van der Waals surface area contributed by atoms with E-state index in [0.29, 0.717) is 12.8 Å². The van der Waals surface area contributed by atoms with Gasteiger partial charge >= 0.3 is 5.97 Å². The Morgan fingerprint density at radius 3 is 2.51 bits per heavy atom. The molecule has 3 aliphatic rings. The molecule has 0 radical (unpaired) electrons. The maximum absolute atomic E-state index is 14.8. The van der Waals surface area contributed by atoms with Crippen LogP contribution in [-0.2, 0) is 19.1 Å². The van der Waals surface area contributed by atoms with E-state index in [1.165, 1.54) is 0 Å². The minimum atomic E-state index is -0.852. The lowest BCUT2D eigenvalue weighted by molar-refractivity contribution is -0.154. The van der Waals surface area contributed by atoms with E-state index >= 15 is 0 Å². The molecule has 1 aromatic carbocycles. The average molecular weight is 620 g/mol. The summed E-state index contributed by atoms with van der Waals surface area (Å²) in [6.45, 7) is 15.6. The Hall–Kier alpha value is -2.10. The highest BCUT2D eigenvalue weighted by Gasteiger charge is 2.76. The largest absolute Gasteiger partial charge is 0.465 e. The predicted molar refractivity (Wildman–Crippen MR) is 159 cm³/mol. The Morgan fingerprint density at radius 1 is 1.28 bits per heavy atom. The van der Waals surface area contributed by atoms with Gasteiger partial charge in [0.25, 0.3) is 5.91 Å². The van der Waals surface area contributed by atoms with E-state index in [-0.39, 0.29) is 47.6 Å². The number of anilines is 1. The third-order valence-corrected chi connectivity index (χ3v) is 11.6. The van der Waals surface area contributed by atoms with Crippen LogP contribution in [0.4, 0.5) is 5.69 Å². The highest BCUT2D eigenvalue weighted by molar-refractivity contribution is 9.09. The van der Waals surface area contributed by atoms with Crippen molar-refractivity contribution in [2.45, 2.75) is 67.4 Å². The second kappa shape index (κ2) is 11.8. The zero-order chi connectivity index (χ0) is 28.6. The number of aliphatic hydroxyl groups excluding tert-OH is 1. The van der Waals surface area contributed by atoms with Crippen LogP contribution in [0.2, 0.25) is 0 Å². The van der Waals surface area contributed by atoms with E-state index < -0.39 is 34.6 Å². The van der Waals surface area contributed by atoms with Gasteiger partial charge in [0, 0.05) is 22.3 Å². The summed E-state index contributed by atoms with van der Waals surface area (Å²) in [6, 6.07) is 4.47. The molecule has 3 heterocycles. The molecule has 3 aliphatic heterocycles. The number of halogens is 1. The van der Waals surface area contributed by atoms with E-state index in [0.717, 1.165) is 16.8 Å². The monoisotopic (exact) mass is 618 g/mol. The second-order valence-electron chi connectivity index (χ2n) is 11.1.